The molecule has 17 heavy (non-hydrogen) atoms. The summed E-state index contributed by atoms with van der Waals surface area (Å²) in [5, 5.41) is 6.93. The van der Waals surface area contributed by atoms with E-state index < -0.39 is 0 Å². The molecule has 1 aliphatic rings. The molecule has 1 unspecified atom stereocenters. The Hall–Kier alpha value is -1.06. The van der Waals surface area contributed by atoms with Crippen LogP contribution in [0.25, 0.3) is 10.1 Å². The van der Waals surface area contributed by atoms with E-state index in [9.17, 15) is 0 Å². The van der Waals surface area contributed by atoms with Crippen LogP contribution in [0, 0.1) is 0 Å². The van der Waals surface area contributed by atoms with Crippen molar-refractivity contribution in [3.8, 4) is 5.75 Å². The monoisotopic (exact) mass is 247 g/mol. The minimum absolute atomic E-state index is 0.625. The van der Waals surface area contributed by atoms with Gasteiger partial charge >= 0.3 is 0 Å². The molecule has 1 atom stereocenters. The van der Waals surface area contributed by atoms with Crippen molar-refractivity contribution in [2.24, 2.45) is 0 Å². The van der Waals surface area contributed by atoms with Crippen LogP contribution in [-0.2, 0) is 6.42 Å². The summed E-state index contributed by atoms with van der Waals surface area (Å²) < 4.78 is 6.92. The van der Waals surface area contributed by atoms with Gasteiger partial charge in [-0.1, -0.05) is 6.07 Å². The van der Waals surface area contributed by atoms with Gasteiger partial charge in [0.05, 0.1) is 7.11 Å². The SMILES string of the molecule is COc1c(CC2CCCN2)ccc2sccc12. The van der Waals surface area contributed by atoms with Gasteiger partial charge < -0.3 is 10.1 Å². The zero-order valence-corrected chi connectivity index (χ0v) is 10.8. The van der Waals surface area contributed by atoms with Crippen LogP contribution in [0.5, 0.6) is 5.75 Å². The van der Waals surface area contributed by atoms with Crippen LogP contribution < -0.4 is 10.1 Å². The fraction of sp³-hybridized carbons (Fsp3) is 0.429. The van der Waals surface area contributed by atoms with Gasteiger partial charge in [-0.3, -0.25) is 0 Å². The zero-order chi connectivity index (χ0) is 11.7. The molecule has 1 N–H and O–H groups in total. The second kappa shape index (κ2) is 4.67. The van der Waals surface area contributed by atoms with Gasteiger partial charge in [0, 0.05) is 16.1 Å². The van der Waals surface area contributed by atoms with Crippen molar-refractivity contribution in [1.82, 2.24) is 5.32 Å². The molecule has 1 saturated heterocycles. The Labute approximate surface area is 106 Å². The van der Waals surface area contributed by atoms with Crippen molar-refractivity contribution < 1.29 is 4.74 Å². The normalized spacial score (nSPS) is 19.9. The summed E-state index contributed by atoms with van der Waals surface area (Å²) in [6.45, 7) is 1.16. The summed E-state index contributed by atoms with van der Waals surface area (Å²) in [5.41, 5.74) is 1.33. The number of nitrogens with one attached hydrogen (secondary N) is 1. The summed E-state index contributed by atoms with van der Waals surface area (Å²) >= 11 is 1.77. The predicted molar refractivity (Wildman–Crippen MR) is 73.1 cm³/mol. The molecule has 1 aromatic carbocycles. The van der Waals surface area contributed by atoms with E-state index >= 15 is 0 Å². The Morgan fingerprint density at radius 2 is 2.35 bits per heavy atom. The standard InChI is InChI=1S/C14H17NOS/c1-16-14-10(9-11-3-2-7-15-11)4-5-13-12(14)6-8-17-13/h4-6,8,11,15H,2-3,7,9H2,1H3. The molecular weight excluding hydrogens is 230 g/mol. The lowest BCUT2D eigenvalue weighted by atomic mass is 10.0. The van der Waals surface area contributed by atoms with Crippen LogP contribution >= 0.6 is 11.3 Å². The topological polar surface area (TPSA) is 21.3 Å². The van der Waals surface area contributed by atoms with Gasteiger partial charge in [0.15, 0.2) is 0 Å². The molecule has 0 amide bonds. The van der Waals surface area contributed by atoms with Crippen LogP contribution in [0.1, 0.15) is 18.4 Å². The number of methoxy groups -OCH3 is 1. The first-order chi connectivity index (χ1) is 8.38. The van der Waals surface area contributed by atoms with Gasteiger partial charge in [-0.05, 0) is 48.9 Å². The quantitative estimate of drug-likeness (QED) is 0.899. The van der Waals surface area contributed by atoms with Gasteiger partial charge in [0.25, 0.3) is 0 Å². The maximum Gasteiger partial charge on any atom is 0.130 e. The number of hydrogen-bond acceptors (Lipinski definition) is 3. The van der Waals surface area contributed by atoms with E-state index in [4.69, 9.17) is 4.74 Å². The Kier molecular flexibility index (Phi) is 3.04. The molecular formula is C14H17NOS. The first kappa shape index (κ1) is 11.1. The lowest BCUT2D eigenvalue weighted by Crippen LogP contribution is -2.23. The highest BCUT2D eigenvalue weighted by Crippen LogP contribution is 2.34. The van der Waals surface area contributed by atoms with E-state index in [2.05, 4.69) is 28.9 Å². The smallest absolute Gasteiger partial charge is 0.130 e. The highest BCUT2D eigenvalue weighted by Gasteiger charge is 2.17. The molecule has 1 aromatic heterocycles. The Morgan fingerprint density at radius 1 is 1.41 bits per heavy atom. The number of fused-ring (bicyclic) bond motifs is 1. The van der Waals surface area contributed by atoms with Gasteiger partial charge in [0.1, 0.15) is 5.75 Å². The van der Waals surface area contributed by atoms with E-state index in [1.807, 2.05) is 0 Å². The van der Waals surface area contributed by atoms with Crippen LogP contribution in [0.3, 0.4) is 0 Å². The second-order valence-corrected chi connectivity index (χ2v) is 5.54. The van der Waals surface area contributed by atoms with Crippen molar-refractivity contribution >= 4 is 21.4 Å². The summed E-state index contributed by atoms with van der Waals surface area (Å²) in [6, 6.07) is 7.22. The van der Waals surface area contributed by atoms with Gasteiger partial charge in [-0.15, -0.1) is 11.3 Å². The average molecular weight is 247 g/mol. The number of hydrogen-bond donors (Lipinski definition) is 1. The third kappa shape index (κ3) is 2.05. The van der Waals surface area contributed by atoms with Crippen molar-refractivity contribution in [2.75, 3.05) is 13.7 Å². The van der Waals surface area contributed by atoms with E-state index in [1.54, 1.807) is 18.4 Å². The van der Waals surface area contributed by atoms with E-state index in [0.717, 1.165) is 18.7 Å². The maximum atomic E-state index is 5.61. The van der Waals surface area contributed by atoms with Crippen LogP contribution in [0.2, 0.25) is 0 Å². The fourth-order valence-electron chi connectivity index (χ4n) is 2.66. The Morgan fingerprint density at radius 3 is 3.12 bits per heavy atom. The van der Waals surface area contributed by atoms with Crippen molar-refractivity contribution in [1.29, 1.82) is 0 Å². The Balaban J connectivity index is 1.96. The molecule has 1 aliphatic heterocycles. The molecule has 0 aliphatic carbocycles. The summed E-state index contributed by atoms with van der Waals surface area (Å²) in [4.78, 5) is 0. The van der Waals surface area contributed by atoms with Gasteiger partial charge in [-0.2, -0.15) is 0 Å². The highest BCUT2D eigenvalue weighted by molar-refractivity contribution is 7.17. The molecule has 1 fully saturated rings. The molecule has 0 spiro atoms. The largest absolute Gasteiger partial charge is 0.496 e. The zero-order valence-electron chi connectivity index (χ0n) is 10.0. The number of benzene rings is 1. The summed E-state index contributed by atoms with van der Waals surface area (Å²) in [5.74, 6) is 1.07. The Bertz CT molecular complexity index is 514. The summed E-state index contributed by atoms with van der Waals surface area (Å²) in [6.07, 6.45) is 3.66. The van der Waals surface area contributed by atoms with Gasteiger partial charge in [-0.25, -0.2) is 0 Å². The van der Waals surface area contributed by atoms with Crippen LogP contribution in [-0.4, -0.2) is 19.7 Å². The summed E-state index contributed by atoms with van der Waals surface area (Å²) in [7, 11) is 1.78. The number of ether oxygens (including phenoxy) is 1. The number of rotatable bonds is 3. The fourth-order valence-corrected chi connectivity index (χ4v) is 3.45. The van der Waals surface area contributed by atoms with Crippen molar-refractivity contribution in [2.45, 2.75) is 25.3 Å². The predicted octanol–water partition coefficient (Wildman–Crippen LogP) is 3.20. The van der Waals surface area contributed by atoms with Crippen LogP contribution in [0.4, 0.5) is 0 Å². The molecule has 0 bridgehead atoms. The molecule has 3 rings (SSSR count). The number of thiophene rings is 1. The van der Waals surface area contributed by atoms with Crippen molar-refractivity contribution in [3.05, 3.63) is 29.1 Å². The average Bonchev–Trinajstić information content (AvgIpc) is 2.98. The lowest BCUT2D eigenvalue weighted by Gasteiger charge is -2.14. The van der Waals surface area contributed by atoms with Crippen molar-refractivity contribution in [3.63, 3.8) is 0 Å². The molecule has 0 saturated carbocycles. The third-order valence-electron chi connectivity index (χ3n) is 3.50. The first-order valence-electron chi connectivity index (χ1n) is 6.15. The van der Waals surface area contributed by atoms with Crippen LogP contribution in [0.15, 0.2) is 23.6 Å². The minimum Gasteiger partial charge on any atom is -0.496 e. The minimum atomic E-state index is 0.625. The van der Waals surface area contributed by atoms with E-state index in [-0.39, 0.29) is 0 Å². The van der Waals surface area contributed by atoms with E-state index in [1.165, 1.54) is 28.5 Å². The molecule has 0 radical (unpaired) electrons. The maximum absolute atomic E-state index is 5.61. The molecule has 90 valence electrons. The molecule has 2 nitrogen and oxygen atoms in total. The molecule has 2 heterocycles. The van der Waals surface area contributed by atoms with Gasteiger partial charge in [0.2, 0.25) is 0 Å². The highest BCUT2D eigenvalue weighted by atomic mass is 32.1. The van der Waals surface area contributed by atoms with E-state index in [0.29, 0.717) is 6.04 Å². The molecule has 2 aromatic rings. The third-order valence-corrected chi connectivity index (χ3v) is 4.38. The molecule has 3 heteroatoms. The lowest BCUT2D eigenvalue weighted by molar-refractivity contribution is 0.412. The first-order valence-corrected chi connectivity index (χ1v) is 7.03. The second-order valence-electron chi connectivity index (χ2n) is 4.59.